The molecule has 0 N–H and O–H groups in total. The van der Waals surface area contributed by atoms with Crippen molar-refractivity contribution in [2.75, 3.05) is 0 Å². The minimum absolute atomic E-state index is 1.10. The van der Waals surface area contributed by atoms with Gasteiger partial charge in [0.25, 0.3) is 0 Å². The van der Waals surface area contributed by atoms with Gasteiger partial charge in [-0.05, 0) is 0 Å². The Balaban J connectivity index is 3.13. The van der Waals surface area contributed by atoms with Gasteiger partial charge in [-0.25, -0.2) is 0 Å². The van der Waals surface area contributed by atoms with Crippen LogP contribution in [0.15, 0.2) is 12.3 Å². The number of hydrogen-bond acceptors (Lipinski definition) is 2. The van der Waals surface area contributed by atoms with Crippen molar-refractivity contribution in [3.8, 4) is 0 Å². The summed E-state index contributed by atoms with van der Waals surface area (Å²) in [6.07, 6.45) is 1.67. The summed E-state index contributed by atoms with van der Waals surface area (Å²) >= 11 is 2.07. The normalized spacial score (nSPS) is 9.25. The quantitative estimate of drug-likeness (QED) is 0.589. The van der Waals surface area contributed by atoms with Crippen LogP contribution in [0.4, 0.5) is 0 Å². The second-order valence-electron chi connectivity index (χ2n) is 1.42. The van der Waals surface area contributed by atoms with Gasteiger partial charge in [0.2, 0.25) is 22.9 Å². The summed E-state index contributed by atoms with van der Waals surface area (Å²) in [5.74, 6) is 0. The highest BCUT2D eigenvalue weighted by atomic mass is 127. The van der Waals surface area contributed by atoms with Crippen molar-refractivity contribution >= 4 is 22.9 Å². The molecule has 0 bridgehead atoms. The average molecular weight is 222 g/mol. The Morgan fingerprint density at radius 1 is 1.75 bits per heavy atom. The summed E-state index contributed by atoms with van der Waals surface area (Å²) in [6.45, 7) is 1.97. The molecule has 0 aliphatic heterocycles. The topological polar surface area (TPSA) is 29.7 Å². The Labute approximate surface area is 61.2 Å². The summed E-state index contributed by atoms with van der Waals surface area (Å²) in [5, 5.41) is 7.38. The third-order valence-corrected chi connectivity index (χ3v) is 1.76. The van der Waals surface area contributed by atoms with Crippen molar-refractivity contribution in [3.63, 3.8) is 0 Å². The molecule has 0 spiro atoms. The minimum atomic E-state index is 1.10. The monoisotopic (exact) mass is 222 g/mol. The highest BCUT2D eigenvalue weighted by Crippen LogP contribution is 1.82. The van der Waals surface area contributed by atoms with E-state index in [-0.39, 0.29) is 0 Å². The fourth-order valence-corrected chi connectivity index (χ4v) is 0.621. The fraction of sp³-hybridized carbons (Fsp3) is 0.250. The largest absolute Gasteiger partial charge is 0.236 e. The van der Waals surface area contributed by atoms with E-state index in [1.165, 1.54) is 0 Å². The predicted molar refractivity (Wildman–Crippen MR) is 36.4 cm³/mol. The molecule has 1 aromatic rings. The van der Waals surface area contributed by atoms with Gasteiger partial charge in [-0.15, -0.1) is 0 Å². The number of nitrogens with zero attached hydrogens (tertiary/aromatic N) is 3. The van der Waals surface area contributed by atoms with Crippen LogP contribution in [0, 0.1) is 6.92 Å². The van der Waals surface area contributed by atoms with Gasteiger partial charge in [-0.2, -0.15) is 0 Å². The molecule has 0 saturated carbocycles. The number of aryl methyl sites for hydroxylation is 1. The summed E-state index contributed by atoms with van der Waals surface area (Å²) < 4.78 is 1.69. The Hall–Kier alpha value is -0.260. The molecular formula is C4H5IN3+. The highest BCUT2D eigenvalue weighted by molar-refractivity contribution is 14.1. The van der Waals surface area contributed by atoms with Crippen LogP contribution in [0.25, 0.3) is 0 Å². The Morgan fingerprint density at radius 2 is 2.50 bits per heavy atom. The van der Waals surface area contributed by atoms with Gasteiger partial charge in [0.05, 0.1) is 5.10 Å². The molecule has 0 saturated heterocycles. The van der Waals surface area contributed by atoms with Crippen LogP contribution in [-0.2, 0) is 0 Å². The molecule has 42 valence electrons. The van der Waals surface area contributed by atoms with Gasteiger partial charge < -0.3 is 0 Å². The van der Waals surface area contributed by atoms with Gasteiger partial charge in [-0.1, -0.05) is 2.90 Å². The predicted octanol–water partition coefficient (Wildman–Crippen LogP) is 0.271. The number of rotatable bonds is 0. The Bertz CT molecular complexity index is 167. The first-order valence-corrected chi connectivity index (χ1v) is 3.14. The van der Waals surface area contributed by atoms with Crippen LogP contribution in [0.1, 0.15) is 5.69 Å². The first-order chi connectivity index (χ1) is 3.80. The number of aromatic nitrogens is 3. The lowest BCUT2D eigenvalue weighted by atomic mass is 10.5. The Kier molecular flexibility index (Phi) is 1.72. The van der Waals surface area contributed by atoms with Gasteiger partial charge in [-0.3, -0.25) is 0 Å². The first kappa shape index (κ1) is 5.87. The van der Waals surface area contributed by atoms with Crippen molar-refractivity contribution < 1.29 is 2.90 Å². The third kappa shape index (κ3) is 1.12. The molecule has 0 aliphatic carbocycles. The lowest BCUT2D eigenvalue weighted by Crippen LogP contribution is -2.28. The van der Waals surface area contributed by atoms with Crippen LogP contribution in [0.2, 0.25) is 0 Å². The van der Waals surface area contributed by atoms with Crippen LogP contribution >= 0.6 is 22.9 Å². The van der Waals surface area contributed by atoms with E-state index in [4.69, 9.17) is 0 Å². The second-order valence-corrected chi connectivity index (χ2v) is 2.34. The molecule has 0 atom stereocenters. The molecule has 0 fully saturated rings. The lowest BCUT2D eigenvalue weighted by Gasteiger charge is -1.81. The minimum Gasteiger partial charge on any atom is -0.0713 e. The van der Waals surface area contributed by atoms with Crippen molar-refractivity contribution in [1.82, 2.24) is 10.3 Å². The number of hydrogen-bond donors (Lipinski definition) is 0. The van der Waals surface area contributed by atoms with E-state index in [1.807, 2.05) is 13.0 Å². The molecule has 8 heavy (non-hydrogen) atoms. The molecule has 1 aromatic heterocycles. The molecule has 0 amide bonds. The van der Waals surface area contributed by atoms with Crippen molar-refractivity contribution in [1.29, 1.82) is 0 Å². The zero-order chi connectivity index (χ0) is 5.98. The Morgan fingerprint density at radius 3 is 2.88 bits per heavy atom. The van der Waals surface area contributed by atoms with E-state index < -0.39 is 0 Å². The van der Waals surface area contributed by atoms with Crippen molar-refractivity contribution in [2.45, 2.75) is 6.92 Å². The molecule has 4 heteroatoms. The van der Waals surface area contributed by atoms with E-state index in [2.05, 4.69) is 33.2 Å². The van der Waals surface area contributed by atoms with E-state index in [0.717, 1.165) is 5.69 Å². The van der Waals surface area contributed by atoms with E-state index >= 15 is 0 Å². The van der Waals surface area contributed by atoms with Crippen molar-refractivity contribution in [3.05, 3.63) is 18.0 Å². The van der Waals surface area contributed by atoms with Gasteiger partial charge in [0.1, 0.15) is 10.9 Å². The standard InChI is InChI=1S/C4H5IN3/c1-4-2-3-6-7-8(4)5/h2-3H,1H3/q+1. The molecule has 1 heterocycles. The first-order valence-electron chi connectivity index (χ1n) is 2.17. The molecule has 0 aliphatic rings. The zero-order valence-electron chi connectivity index (χ0n) is 4.37. The zero-order valence-corrected chi connectivity index (χ0v) is 6.53. The molecule has 0 radical (unpaired) electrons. The molecule has 1 rings (SSSR count). The van der Waals surface area contributed by atoms with Gasteiger partial charge in [0.15, 0.2) is 6.20 Å². The maximum Gasteiger partial charge on any atom is 0.236 e. The van der Waals surface area contributed by atoms with Crippen molar-refractivity contribution in [2.24, 2.45) is 0 Å². The number of halogens is 1. The highest BCUT2D eigenvalue weighted by Gasteiger charge is 1.96. The molecule has 0 unspecified atom stereocenters. The smallest absolute Gasteiger partial charge is 0.0713 e. The summed E-state index contributed by atoms with van der Waals surface area (Å²) in [7, 11) is 0. The third-order valence-electron chi connectivity index (χ3n) is 0.804. The van der Waals surface area contributed by atoms with E-state index in [1.54, 1.807) is 9.09 Å². The molecule has 0 aromatic carbocycles. The SMILES string of the molecule is Cc1ccnn[n+]1I. The van der Waals surface area contributed by atoms with Crippen LogP contribution in [-0.4, -0.2) is 10.3 Å². The van der Waals surface area contributed by atoms with Crippen LogP contribution in [0.3, 0.4) is 0 Å². The fourth-order valence-electron chi connectivity index (χ4n) is 0.348. The molecular weight excluding hydrogens is 217 g/mol. The maximum atomic E-state index is 3.73. The maximum absolute atomic E-state index is 3.73. The van der Waals surface area contributed by atoms with E-state index in [9.17, 15) is 0 Å². The second kappa shape index (κ2) is 2.34. The summed E-state index contributed by atoms with van der Waals surface area (Å²) in [6, 6.07) is 1.90. The summed E-state index contributed by atoms with van der Waals surface area (Å²) in [4.78, 5) is 0. The lowest BCUT2D eigenvalue weighted by molar-refractivity contribution is -0.529. The van der Waals surface area contributed by atoms with Gasteiger partial charge in [0, 0.05) is 13.0 Å². The van der Waals surface area contributed by atoms with Gasteiger partial charge >= 0.3 is 0 Å². The summed E-state index contributed by atoms with van der Waals surface area (Å²) in [5.41, 5.74) is 1.10. The molecule has 3 nitrogen and oxygen atoms in total. The van der Waals surface area contributed by atoms with Crippen LogP contribution < -0.4 is 2.90 Å². The average Bonchev–Trinajstić information content (AvgIpc) is 1.77. The van der Waals surface area contributed by atoms with E-state index in [0.29, 0.717) is 0 Å². The van der Waals surface area contributed by atoms with Crippen LogP contribution in [0.5, 0.6) is 0 Å².